The van der Waals surface area contributed by atoms with Gasteiger partial charge in [0.05, 0.1) is 11.4 Å². The lowest BCUT2D eigenvalue weighted by molar-refractivity contribution is 0.0597. The minimum atomic E-state index is -0.530. The number of anilines is 2. The summed E-state index contributed by atoms with van der Waals surface area (Å²) in [5.41, 5.74) is 2.51. The average molecular weight is 341 g/mol. The highest BCUT2D eigenvalue weighted by molar-refractivity contribution is 7.99. The molecule has 0 aromatic heterocycles. The topological polar surface area (TPSA) is 29.5 Å². The van der Waals surface area contributed by atoms with E-state index < -0.39 is 5.60 Å². The first kappa shape index (κ1) is 16.9. The maximum Gasteiger partial charge on any atom is 0.419 e. The molecule has 0 bridgehead atoms. The van der Waals surface area contributed by atoms with Crippen LogP contribution in [0.15, 0.2) is 52.3 Å². The van der Waals surface area contributed by atoms with Gasteiger partial charge in [-0.3, -0.25) is 0 Å². The fourth-order valence-corrected chi connectivity index (χ4v) is 3.79. The number of ether oxygens (including phenoxy) is 1. The lowest BCUT2D eigenvalue weighted by atomic mass is 10.1. The second-order valence-electron chi connectivity index (χ2n) is 6.94. The summed E-state index contributed by atoms with van der Waals surface area (Å²) >= 11 is 1.70. The van der Waals surface area contributed by atoms with Gasteiger partial charge in [0.25, 0.3) is 0 Å². The van der Waals surface area contributed by atoms with E-state index >= 15 is 0 Å². The number of benzene rings is 2. The van der Waals surface area contributed by atoms with E-state index in [1.165, 1.54) is 5.56 Å². The summed E-state index contributed by atoms with van der Waals surface area (Å²) < 4.78 is 5.67. The first-order valence-corrected chi connectivity index (χ1v) is 9.13. The Labute approximate surface area is 148 Å². The van der Waals surface area contributed by atoms with E-state index in [9.17, 15) is 4.79 Å². The number of para-hydroxylation sites is 1. The van der Waals surface area contributed by atoms with Crippen molar-refractivity contribution in [1.29, 1.82) is 0 Å². The summed E-state index contributed by atoms with van der Waals surface area (Å²) in [6.07, 6.45) is 1.75. The standard InChI is InChI=1S/C20H23NO2S/c1-5-8-14-11-12-18-16(13-14)21(19(22)23-20(2,3)4)15-9-6-7-10-17(15)24-18/h6-7,9-13H,5,8H2,1-4H3. The second-order valence-corrected chi connectivity index (χ2v) is 8.02. The summed E-state index contributed by atoms with van der Waals surface area (Å²) in [7, 11) is 0. The van der Waals surface area contributed by atoms with Crippen LogP contribution < -0.4 is 4.90 Å². The van der Waals surface area contributed by atoms with Gasteiger partial charge in [0.2, 0.25) is 0 Å². The van der Waals surface area contributed by atoms with E-state index in [-0.39, 0.29) is 6.09 Å². The van der Waals surface area contributed by atoms with Crippen molar-refractivity contribution in [2.45, 2.75) is 55.9 Å². The maximum absolute atomic E-state index is 12.9. The summed E-state index contributed by atoms with van der Waals surface area (Å²) in [6, 6.07) is 14.3. The third kappa shape index (κ3) is 3.44. The summed E-state index contributed by atoms with van der Waals surface area (Å²) in [6.45, 7) is 7.84. The van der Waals surface area contributed by atoms with Crippen molar-refractivity contribution in [2.24, 2.45) is 0 Å². The van der Waals surface area contributed by atoms with E-state index in [1.54, 1.807) is 16.7 Å². The molecule has 0 N–H and O–H groups in total. The van der Waals surface area contributed by atoms with Gasteiger partial charge >= 0.3 is 6.09 Å². The highest BCUT2D eigenvalue weighted by atomic mass is 32.2. The SMILES string of the molecule is CCCc1ccc2c(c1)N(C(=O)OC(C)(C)C)c1ccccc1S2. The van der Waals surface area contributed by atoms with Crippen molar-refractivity contribution in [3.63, 3.8) is 0 Å². The van der Waals surface area contributed by atoms with Crippen LogP contribution in [-0.2, 0) is 11.2 Å². The Morgan fingerprint density at radius 2 is 1.79 bits per heavy atom. The van der Waals surface area contributed by atoms with E-state index in [0.29, 0.717) is 0 Å². The molecule has 0 spiro atoms. The molecule has 0 radical (unpaired) electrons. The molecule has 0 saturated carbocycles. The monoisotopic (exact) mass is 341 g/mol. The number of carbonyl (C=O) groups excluding carboxylic acids is 1. The molecule has 0 saturated heterocycles. The molecular weight excluding hydrogens is 318 g/mol. The number of nitrogens with zero attached hydrogens (tertiary/aromatic N) is 1. The van der Waals surface area contributed by atoms with Gasteiger partial charge in [0.15, 0.2) is 0 Å². The van der Waals surface area contributed by atoms with Crippen LogP contribution in [0.4, 0.5) is 16.2 Å². The van der Waals surface area contributed by atoms with Crippen LogP contribution in [-0.4, -0.2) is 11.7 Å². The molecule has 24 heavy (non-hydrogen) atoms. The van der Waals surface area contributed by atoms with Crippen molar-refractivity contribution < 1.29 is 9.53 Å². The maximum atomic E-state index is 12.9. The van der Waals surface area contributed by atoms with Crippen molar-refractivity contribution in [3.8, 4) is 0 Å². The quantitative estimate of drug-likeness (QED) is 0.653. The van der Waals surface area contributed by atoms with Crippen molar-refractivity contribution >= 4 is 29.2 Å². The van der Waals surface area contributed by atoms with E-state index in [0.717, 1.165) is 34.0 Å². The third-order valence-corrected chi connectivity index (χ3v) is 4.84. The van der Waals surface area contributed by atoms with Crippen LogP contribution in [0.2, 0.25) is 0 Å². The number of hydrogen-bond donors (Lipinski definition) is 0. The fourth-order valence-electron chi connectivity index (χ4n) is 2.75. The Balaban J connectivity index is 2.08. The zero-order chi connectivity index (χ0) is 17.3. The molecule has 126 valence electrons. The molecule has 3 rings (SSSR count). The Hall–Kier alpha value is -1.94. The van der Waals surface area contributed by atoms with Gasteiger partial charge in [-0.1, -0.05) is 43.3 Å². The minimum Gasteiger partial charge on any atom is -0.443 e. The molecule has 2 aromatic carbocycles. The molecular formula is C20H23NO2S. The Bertz CT molecular complexity index is 764. The van der Waals surface area contributed by atoms with Crippen molar-refractivity contribution in [1.82, 2.24) is 0 Å². The molecule has 1 heterocycles. The zero-order valence-corrected chi connectivity index (χ0v) is 15.4. The molecule has 1 amide bonds. The number of amides is 1. The van der Waals surface area contributed by atoms with Crippen LogP contribution >= 0.6 is 11.8 Å². The van der Waals surface area contributed by atoms with E-state index in [1.807, 2.05) is 45.0 Å². The van der Waals surface area contributed by atoms with E-state index in [4.69, 9.17) is 4.74 Å². The van der Waals surface area contributed by atoms with Crippen LogP contribution in [0.5, 0.6) is 0 Å². The average Bonchev–Trinajstić information content (AvgIpc) is 2.51. The highest BCUT2D eigenvalue weighted by Crippen LogP contribution is 2.48. The molecule has 0 aliphatic carbocycles. The molecule has 0 fully saturated rings. The number of fused-ring (bicyclic) bond motifs is 2. The fraction of sp³-hybridized carbons (Fsp3) is 0.350. The number of aryl methyl sites for hydroxylation is 1. The summed E-state index contributed by atoms with van der Waals surface area (Å²) in [4.78, 5) is 16.8. The Morgan fingerprint density at radius 3 is 2.50 bits per heavy atom. The number of hydrogen-bond acceptors (Lipinski definition) is 3. The van der Waals surface area contributed by atoms with Gasteiger partial charge < -0.3 is 4.74 Å². The van der Waals surface area contributed by atoms with Gasteiger partial charge in [-0.05, 0) is 57.0 Å². The van der Waals surface area contributed by atoms with Gasteiger partial charge in [0, 0.05) is 9.79 Å². The van der Waals surface area contributed by atoms with Crippen molar-refractivity contribution in [3.05, 3.63) is 48.0 Å². The lowest BCUT2D eigenvalue weighted by Crippen LogP contribution is -2.35. The number of rotatable bonds is 2. The van der Waals surface area contributed by atoms with Crippen molar-refractivity contribution in [2.75, 3.05) is 4.90 Å². The predicted octanol–water partition coefficient (Wildman–Crippen LogP) is 6.18. The minimum absolute atomic E-state index is 0.329. The zero-order valence-electron chi connectivity index (χ0n) is 14.6. The molecule has 0 unspecified atom stereocenters. The first-order chi connectivity index (χ1) is 11.4. The smallest absolute Gasteiger partial charge is 0.419 e. The van der Waals surface area contributed by atoms with Crippen LogP contribution in [0.3, 0.4) is 0 Å². The molecule has 1 aliphatic rings. The molecule has 4 heteroatoms. The van der Waals surface area contributed by atoms with Crippen LogP contribution in [0, 0.1) is 0 Å². The summed E-state index contributed by atoms with van der Waals surface area (Å²) in [5, 5.41) is 0. The van der Waals surface area contributed by atoms with Crippen LogP contribution in [0.25, 0.3) is 0 Å². The molecule has 0 atom stereocenters. The van der Waals surface area contributed by atoms with Gasteiger partial charge in [-0.2, -0.15) is 0 Å². The lowest BCUT2D eigenvalue weighted by Gasteiger charge is -2.33. The number of carbonyl (C=O) groups is 1. The van der Waals surface area contributed by atoms with Gasteiger partial charge in [-0.15, -0.1) is 0 Å². The Morgan fingerprint density at radius 1 is 1.08 bits per heavy atom. The van der Waals surface area contributed by atoms with Gasteiger partial charge in [0.1, 0.15) is 5.60 Å². The van der Waals surface area contributed by atoms with E-state index in [2.05, 4.69) is 25.1 Å². The first-order valence-electron chi connectivity index (χ1n) is 8.32. The van der Waals surface area contributed by atoms with Crippen LogP contribution in [0.1, 0.15) is 39.7 Å². The molecule has 1 aliphatic heterocycles. The second kappa shape index (κ2) is 6.52. The predicted molar refractivity (Wildman–Crippen MR) is 99.4 cm³/mol. The Kier molecular flexibility index (Phi) is 4.59. The normalized spacial score (nSPS) is 13.2. The highest BCUT2D eigenvalue weighted by Gasteiger charge is 2.31. The molecule has 2 aromatic rings. The largest absolute Gasteiger partial charge is 0.443 e. The molecule has 3 nitrogen and oxygen atoms in total. The van der Waals surface area contributed by atoms with Gasteiger partial charge in [-0.25, -0.2) is 9.69 Å². The third-order valence-electron chi connectivity index (χ3n) is 3.71. The summed E-state index contributed by atoms with van der Waals surface area (Å²) in [5.74, 6) is 0.